The highest BCUT2D eigenvalue weighted by Gasteiger charge is 2.19. The first-order chi connectivity index (χ1) is 9.09. The van der Waals surface area contributed by atoms with E-state index in [0.717, 1.165) is 0 Å². The number of nitrogens with zero attached hydrogens (tertiary/aromatic N) is 1. The molecule has 0 saturated carbocycles. The minimum absolute atomic E-state index is 0.0330. The fourth-order valence-electron chi connectivity index (χ4n) is 1.53. The molecule has 1 heterocycles. The molecule has 0 unspecified atom stereocenters. The number of carbonyl (C=O) groups is 1. The summed E-state index contributed by atoms with van der Waals surface area (Å²) in [4.78, 5) is 36.2. The maximum Gasteiger partial charge on any atom is 0.282 e. The Labute approximate surface area is 107 Å². The van der Waals surface area contributed by atoms with Crippen LogP contribution < -0.4 is 10.7 Å². The van der Waals surface area contributed by atoms with Gasteiger partial charge in [0, 0.05) is 24.5 Å². The van der Waals surface area contributed by atoms with Gasteiger partial charge in [-0.1, -0.05) is 12.1 Å². The van der Waals surface area contributed by atoms with E-state index < -0.39 is 10.8 Å². The quantitative estimate of drug-likeness (QED) is 0.644. The van der Waals surface area contributed by atoms with Crippen LogP contribution in [0.5, 0.6) is 0 Å². The van der Waals surface area contributed by atoms with Gasteiger partial charge >= 0.3 is 0 Å². The van der Waals surface area contributed by atoms with E-state index >= 15 is 0 Å². The summed E-state index contributed by atoms with van der Waals surface area (Å²) in [6.45, 7) is 0. The van der Waals surface area contributed by atoms with Crippen molar-refractivity contribution in [3.63, 3.8) is 0 Å². The number of nitro groups is 1. The molecule has 7 heteroatoms. The van der Waals surface area contributed by atoms with E-state index in [-0.39, 0.29) is 22.4 Å². The summed E-state index contributed by atoms with van der Waals surface area (Å²) in [6.07, 6.45) is 2.73. The Kier molecular flexibility index (Phi) is 3.37. The van der Waals surface area contributed by atoms with Crippen molar-refractivity contribution in [3.8, 4) is 0 Å². The van der Waals surface area contributed by atoms with E-state index in [2.05, 4.69) is 10.3 Å². The third-order valence-electron chi connectivity index (χ3n) is 2.42. The molecule has 0 atom stereocenters. The van der Waals surface area contributed by atoms with Crippen LogP contribution in [-0.2, 0) is 0 Å². The molecule has 1 aromatic heterocycles. The molecule has 0 radical (unpaired) electrons. The summed E-state index contributed by atoms with van der Waals surface area (Å²) in [6, 6.07) is 6.77. The number of benzene rings is 1. The minimum Gasteiger partial charge on any atom is -0.366 e. The highest BCUT2D eigenvalue weighted by atomic mass is 16.6. The number of nitrogens with one attached hydrogen (secondary N) is 2. The number of hydrogen-bond acceptors (Lipinski definition) is 4. The zero-order valence-electron chi connectivity index (χ0n) is 9.62. The number of hydrogen-bond donors (Lipinski definition) is 2. The van der Waals surface area contributed by atoms with E-state index in [4.69, 9.17) is 0 Å². The first-order valence-corrected chi connectivity index (χ1v) is 5.31. The molecule has 2 rings (SSSR count). The van der Waals surface area contributed by atoms with Crippen LogP contribution in [0.4, 0.5) is 11.4 Å². The lowest BCUT2D eigenvalue weighted by Crippen LogP contribution is -2.18. The van der Waals surface area contributed by atoms with Crippen LogP contribution in [0.25, 0.3) is 0 Å². The minimum atomic E-state index is -0.705. The van der Waals surface area contributed by atoms with Gasteiger partial charge in [-0.2, -0.15) is 0 Å². The molecule has 2 N–H and O–H groups in total. The van der Waals surface area contributed by atoms with Crippen LogP contribution in [0.3, 0.4) is 0 Å². The van der Waals surface area contributed by atoms with Crippen molar-refractivity contribution in [2.45, 2.75) is 0 Å². The number of nitro benzene ring substituents is 1. The van der Waals surface area contributed by atoms with Gasteiger partial charge in [0.25, 0.3) is 11.6 Å². The van der Waals surface area contributed by atoms with Crippen LogP contribution in [0, 0.1) is 10.1 Å². The van der Waals surface area contributed by atoms with Gasteiger partial charge in [0.15, 0.2) is 0 Å². The number of carbonyl (C=O) groups excluding carboxylic acids is 1. The van der Waals surface area contributed by atoms with E-state index in [9.17, 15) is 19.7 Å². The van der Waals surface area contributed by atoms with Crippen molar-refractivity contribution < 1.29 is 9.72 Å². The maximum absolute atomic E-state index is 11.9. The maximum atomic E-state index is 11.9. The Bertz CT molecular complexity index is 693. The van der Waals surface area contributed by atoms with Gasteiger partial charge < -0.3 is 10.3 Å². The summed E-state index contributed by atoms with van der Waals surface area (Å²) in [5, 5.41) is 13.1. The SMILES string of the molecule is O=C(Nc1c[nH]ccc1=O)c1ccccc1[N+](=O)[O-]. The number of para-hydroxylation sites is 1. The number of amides is 1. The molecule has 0 aliphatic heterocycles. The predicted molar refractivity (Wildman–Crippen MR) is 68.1 cm³/mol. The fraction of sp³-hybridized carbons (Fsp3) is 0. The van der Waals surface area contributed by atoms with Crippen molar-refractivity contribution in [1.82, 2.24) is 4.98 Å². The van der Waals surface area contributed by atoms with Gasteiger partial charge in [-0.3, -0.25) is 19.7 Å². The van der Waals surface area contributed by atoms with Crippen molar-refractivity contribution in [3.05, 3.63) is 68.6 Å². The van der Waals surface area contributed by atoms with Crippen molar-refractivity contribution in [1.29, 1.82) is 0 Å². The lowest BCUT2D eigenvalue weighted by molar-refractivity contribution is -0.385. The second-order valence-electron chi connectivity index (χ2n) is 3.65. The number of pyridine rings is 1. The van der Waals surface area contributed by atoms with Crippen molar-refractivity contribution >= 4 is 17.3 Å². The van der Waals surface area contributed by atoms with Crippen molar-refractivity contribution in [2.24, 2.45) is 0 Å². The lowest BCUT2D eigenvalue weighted by atomic mass is 10.1. The standard InChI is InChI=1S/C12H9N3O4/c16-11-5-6-13-7-9(11)14-12(17)8-3-1-2-4-10(8)15(18)19/h1-7H,(H,13,16)(H,14,17). The van der Waals surface area contributed by atoms with Crippen LogP contribution in [0.1, 0.15) is 10.4 Å². The fourth-order valence-corrected chi connectivity index (χ4v) is 1.53. The van der Waals surface area contributed by atoms with Gasteiger partial charge in [0.2, 0.25) is 5.43 Å². The molecule has 2 aromatic rings. The van der Waals surface area contributed by atoms with E-state index in [1.165, 1.54) is 42.7 Å². The zero-order valence-corrected chi connectivity index (χ0v) is 9.62. The number of aromatic nitrogens is 1. The molecule has 0 aliphatic carbocycles. The molecule has 96 valence electrons. The highest BCUT2D eigenvalue weighted by molar-refractivity contribution is 6.06. The summed E-state index contributed by atoms with van der Waals surface area (Å²) in [5.74, 6) is -0.705. The second-order valence-corrected chi connectivity index (χ2v) is 3.65. The molecule has 0 fully saturated rings. The Morgan fingerprint density at radius 2 is 2.00 bits per heavy atom. The molecule has 7 nitrogen and oxygen atoms in total. The van der Waals surface area contributed by atoms with Crippen LogP contribution in [0.2, 0.25) is 0 Å². The van der Waals surface area contributed by atoms with E-state index in [0.29, 0.717) is 0 Å². The average molecular weight is 259 g/mol. The van der Waals surface area contributed by atoms with Gasteiger partial charge in [0.1, 0.15) is 11.3 Å². The average Bonchev–Trinajstić information content (AvgIpc) is 2.41. The molecule has 0 aliphatic rings. The zero-order chi connectivity index (χ0) is 13.8. The molecular formula is C12H9N3O4. The number of anilines is 1. The first kappa shape index (κ1) is 12.5. The number of rotatable bonds is 3. The molecule has 0 spiro atoms. The topological polar surface area (TPSA) is 105 Å². The Hall–Kier alpha value is -2.96. The second kappa shape index (κ2) is 5.13. The van der Waals surface area contributed by atoms with Crippen LogP contribution >= 0.6 is 0 Å². The van der Waals surface area contributed by atoms with Crippen LogP contribution in [-0.4, -0.2) is 15.8 Å². The molecule has 19 heavy (non-hydrogen) atoms. The monoisotopic (exact) mass is 259 g/mol. The van der Waals surface area contributed by atoms with E-state index in [1.54, 1.807) is 0 Å². The largest absolute Gasteiger partial charge is 0.366 e. The Balaban J connectivity index is 2.34. The summed E-state index contributed by atoms with van der Waals surface area (Å²) in [7, 11) is 0. The normalized spacial score (nSPS) is 9.89. The van der Waals surface area contributed by atoms with Gasteiger partial charge in [-0.25, -0.2) is 0 Å². The molecule has 0 bridgehead atoms. The molecule has 0 saturated heterocycles. The summed E-state index contributed by atoms with van der Waals surface area (Å²) < 4.78 is 0. The van der Waals surface area contributed by atoms with Gasteiger partial charge in [-0.05, 0) is 6.07 Å². The number of aromatic amines is 1. The third-order valence-corrected chi connectivity index (χ3v) is 2.42. The van der Waals surface area contributed by atoms with Crippen molar-refractivity contribution in [2.75, 3.05) is 5.32 Å². The lowest BCUT2D eigenvalue weighted by Gasteiger charge is -2.04. The summed E-state index contributed by atoms with van der Waals surface area (Å²) >= 11 is 0. The third kappa shape index (κ3) is 2.65. The van der Waals surface area contributed by atoms with Crippen LogP contribution in [0.15, 0.2) is 47.5 Å². The summed E-state index contributed by atoms with van der Waals surface area (Å²) in [5.41, 5.74) is -0.764. The van der Waals surface area contributed by atoms with E-state index in [1.807, 2.05) is 0 Å². The van der Waals surface area contributed by atoms with Gasteiger partial charge in [-0.15, -0.1) is 0 Å². The smallest absolute Gasteiger partial charge is 0.282 e. The number of H-pyrrole nitrogens is 1. The molecular weight excluding hydrogens is 250 g/mol. The highest BCUT2D eigenvalue weighted by Crippen LogP contribution is 2.18. The predicted octanol–water partition coefficient (Wildman–Crippen LogP) is 1.54. The Morgan fingerprint density at radius 1 is 1.26 bits per heavy atom. The Morgan fingerprint density at radius 3 is 2.68 bits per heavy atom. The van der Waals surface area contributed by atoms with Gasteiger partial charge in [0.05, 0.1) is 4.92 Å². The first-order valence-electron chi connectivity index (χ1n) is 5.31. The molecule has 1 aromatic carbocycles. The molecule has 1 amide bonds.